The van der Waals surface area contributed by atoms with Crippen molar-refractivity contribution in [3.63, 3.8) is 0 Å². The number of likely N-dealkylation sites (N-methyl/N-ethyl adjacent to an activating group) is 1. The topological polar surface area (TPSA) is 169 Å². The van der Waals surface area contributed by atoms with Crippen molar-refractivity contribution in [2.24, 2.45) is 11.7 Å². The van der Waals surface area contributed by atoms with Crippen molar-refractivity contribution in [3.8, 4) is 0 Å². The van der Waals surface area contributed by atoms with Crippen LogP contribution in [0.5, 0.6) is 0 Å². The third-order valence-electron chi connectivity index (χ3n) is 5.26. The predicted octanol–water partition coefficient (Wildman–Crippen LogP) is -0.102. The molecule has 1 aliphatic rings. The van der Waals surface area contributed by atoms with Crippen molar-refractivity contribution in [1.29, 1.82) is 5.41 Å². The Morgan fingerprint density at radius 3 is 2.48 bits per heavy atom. The van der Waals surface area contributed by atoms with Gasteiger partial charge in [-0.15, -0.1) is 0 Å². The van der Waals surface area contributed by atoms with E-state index in [4.69, 9.17) is 11.1 Å². The third kappa shape index (κ3) is 7.37. The summed E-state index contributed by atoms with van der Waals surface area (Å²) in [6, 6.07) is -2.88. The van der Waals surface area contributed by atoms with Gasteiger partial charge in [0.1, 0.15) is 18.8 Å². The van der Waals surface area contributed by atoms with Gasteiger partial charge < -0.3 is 26.4 Å². The summed E-state index contributed by atoms with van der Waals surface area (Å²) in [5.41, 5.74) is 5.19. The molecule has 31 heavy (non-hydrogen) atoms. The van der Waals surface area contributed by atoms with Crippen LogP contribution in [0.2, 0.25) is 0 Å². The van der Waals surface area contributed by atoms with Crippen molar-refractivity contribution in [1.82, 2.24) is 20.4 Å². The molecule has 1 aliphatic heterocycles. The quantitative estimate of drug-likeness (QED) is 0.168. The SMILES string of the molecule is CC(C)C(C(=O)N1CCCC1C(=O)NC(CCCNC(=N)N)C(=O)CF)N(C)C(=O)O. The molecule has 1 saturated heterocycles. The number of carboxylic acid groups (broad SMARTS) is 1. The molecular weight excluding hydrogens is 411 g/mol. The first-order chi connectivity index (χ1) is 14.5. The molecule has 3 atom stereocenters. The van der Waals surface area contributed by atoms with E-state index in [-0.39, 0.29) is 31.4 Å². The first-order valence-corrected chi connectivity index (χ1v) is 10.2. The first kappa shape index (κ1) is 26.1. The lowest BCUT2D eigenvalue weighted by Gasteiger charge is -2.34. The molecule has 0 radical (unpaired) electrons. The van der Waals surface area contributed by atoms with Crippen LogP contribution in [0, 0.1) is 11.3 Å². The largest absolute Gasteiger partial charge is 0.465 e. The molecule has 3 unspecified atom stereocenters. The number of nitrogens with zero attached hydrogens (tertiary/aromatic N) is 2. The van der Waals surface area contributed by atoms with E-state index in [1.807, 2.05) is 0 Å². The monoisotopic (exact) mass is 444 g/mol. The number of rotatable bonds is 11. The van der Waals surface area contributed by atoms with Crippen LogP contribution in [0.25, 0.3) is 0 Å². The number of nitrogens with two attached hydrogens (primary N) is 1. The van der Waals surface area contributed by atoms with Crippen molar-refractivity contribution in [3.05, 3.63) is 0 Å². The van der Waals surface area contributed by atoms with Crippen LogP contribution >= 0.6 is 0 Å². The van der Waals surface area contributed by atoms with Crippen LogP contribution in [0.4, 0.5) is 9.18 Å². The fraction of sp³-hybridized carbons (Fsp3) is 0.737. The molecule has 0 bridgehead atoms. The van der Waals surface area contributed by atoms with E-state index in [9.17, 15) is 28.7 Å². The van der Waals surface area contributed by atoms with E-state index in [2.05, 4.69) is 10.6 Å². The summed E-state index contributed by atoms with van der Waals surface area (Å²) >= 11 is 0. The molecule has 0 aliphatic carbocycles. The molecule has 6 N–H and O–H groups in total. The maximum absolute atomic E-state index is 13.1. The Kier molecular flexibility index (Phi) is 10.2. The maximum atomic E-state index is 13.1. The Balaban J connectivity index is 2.88. The zero-order valence-corrected chi connectivity index (χ0v) is 18.2. The normalized spacial score (nSPS) is 17.7. The number of nitrogens with one attached hydrogen (secondary N) is 3. The fourth-order valence-corrected chi connectivity index (χ4v) is 3.69. The number of ketones is 1. The Bertz CT molecular complexity index is 689. The molecule has 1 fully saturated rings. The number of likely N-dealkylation sites (tertiary alicyclic amines) is 1. The van der Waals surface area contributed by atoms with Gasteiger partial charge in [0.05, 0.1) is 6.04 Å². The third-order valence-corrected chi connectivity index (χ3v) is 5.26. The van der Waals surface area contributed by atoms with Crippen LogP contribution in [-0.2, 0) is 14.4 Å². The highest BCUT2D eigenvalue weighted by Gasteiger charge is 2.41. The van der Waals surface area contributed by atoms with Crippen molar-refractivity contribution >= 4 is 29.7 Å². The number of Topliss-reactive ketones (excluding diaryl/α,β-unsaturated/α-hetero) is 1. The summed E-state index contributed by atoms with van der Waals surface area (Å²) in [6.07, 6.45) is 0.172. The number of carbonyl (C=O) groups is 4. The summed E-state index contributed by atoms with van der Waals surface area (Å²) in [6.45, 7) is 2.78. The van der Waals surface area contributed by atoms with Gasteiger partial charge in [-0.1, -0.05) is 13.8 Å². The Morgan fingerprint density at radius 1 is 1.32 bits per heavy atom. The molecule has 1 heterocycles. The molecular formula is C19H33FN6O5. The van der Waals surface area contributed by atoms with Gasteiger partial charge in [-0.3, -0.25) is 24.7 Å². The number of carbonyl (C=O) groups excluding carboxylic acids is 3. The number of guanidine groups is 1. The molecule has 12 heteroatoms. The van der Waals surface area contributed by atoms with Gasteiger partial charge >= 0.3 is 6.09 Å². The number of alkyl halides is 1. The lowest BCUT2D eigenvalue weighted by molar-refractivity contribution is -0.143. The molecule has 1 rings (SSSR count). The van der Waals surface area contributed by atoms with Crippen molar-refractivity contribution in [2.75, 3.05) is 26.8 Å². The summed E-state index contributed by atoms with van der Waals surface area (Å²) in [5, 5.41) is 21.5. The van der Waals surface area contributed by atoms with E-state index in [0.717, 1.165) is 4.90 Å². The maximum Gasteiger partial charge on any atom is 0.407 e. The van der Waals surface area contributed by atoms with Crippen molar-refractivity contribution in [2.45, 2.75) is 57.7 Å². The molecule has 0 spiro atoms. The van der Waals surface area contributed by atoms with E-state index in [1.165, 1.54) is 11.9 Å². The van der Waals surface area contributed by atoms with Crippen LogP contribution < -0.4 is 16.4 Å². The second kappa shape index (κ2) is 12.1. The van der Waals surface area contributed by atoms with Crippen LogP contribution in [-0.4, -0.2) is 89.5 Å². The average molecular weight is 445 g/mol. The average Bonchev–Trinajstić information content (AvgIpc) is 3.19. The van der Waals surface area contributed by atoms with E-state index in [0.29, 0.717) is 19.3 Å². The highest BCUT2D eigenvalue weighted by molar-refractivity contribution is 5.95. The van der Waals surface area contributed by atoms with Gasteiger partial charge in [0.25, 0.3) is 0 Å². The predicted molar refractivity (Wildman–Crippen MR) is 111 cm³/mol. The highest BCUT2D eigenvalue weighted by Crippen LogP contribution is 2.23. The smallest absolute Gasteiger partial charge is 0.407 e. The summed E-state index contributed by atoms with van der Waals surface area (Å²) < 4.78 is 13.0. The number of hydrogen-bond donors (Lipinski definition) is 5. The molecule has 0 saturated carbocycles. The van der Waals surface area contributed by atoms with Gasteiger partial charge in [0.15, 0.2) is 11.7 Å². The molecule has 176 valence electrons. The zero-order chi connectivity index (χ0) is 23.7. The summed E-state index contributed by atoms with van der Waals surface area (Å²) in [7, 11) is 1.31. The van der Waals surface area contributed by atoms with Gasteiger partial charge in [0, 0.05) is 20.1 Å². The Labute approximate surface area is 181 Å². The fourth-order valence-electron chi connectivity index (χ4n) is 3.69. The van der Waals surface area contributed by atoms with Crippen molar-refractivity contribution < 1.29 is 28.7 Å². The second-order valence-corrected chi connectivity index (χ2v) is 7.92. The summed E-state index contributed by atoms with van der Waals surface area (Å²) in [4.78, 5) is 51.5. The van der Waals surface area contributed by atoms with Gasteiger partial charge in [-0.2, -0.15) is 0 Å². The Hall–Kier alpha value is -2.92. The number of amides is 3. The molecule has 3 amide bonds. The molecule has 0 aromatic carbocycles. The summed E-state index contributed by atoms with van der Waals surface area (Å²) in [5.74, 6) is -2.37. The van der Waals surface area contributed by atoms with E-state index in [1.54, 1.807) is 13.8 Å². The van der Waals surface area contributed by atoms with Crippen LogP contribution in [0.3, 0.4) is 0 Å². The van der Waals surface area contributed by atoms with Gasteiger partial charge in [-0.05, 0) is 31.6 Å². The first-order valence-electron chi connectivity index (χ1n) is 10.2. The highest BCUT2D eigenvalue weighted by atomic mass is 19.1. The zero-order valence-electron chi connectivity index (χ0n) is 18.2. The minimum Gasteiger partial charge on any atom is -0.465 e. The van der Waals surface area contributed by atoms with Gasteiger partial charge in [-0.25, -0.2) is 9.18 Å². The standard InChI is InChI=1S/C19H33FN6O5/c1-11(2)15(25(3)19(30)31)17(29)26-9-5-7-13(26)16(28)24-12(14(27)10-20)6-4-8-23-18(21)22/h11-13,15H,4-10H2,1-3H3,(H,24,28)(H,30,31)(H4,21,22,23). The minimum absolute atomic E-state index is 0.145. The van der Waals surface area contributed by atoms with Crippen LogP contribution in [0.1, 0.15) is 39.5 Å². The Morgan fingerprint density at radius 2 is 1.97 bits per heavy atom. The molecule has 0 aromatic rings. The molecule has 0 aromatic heterocycles. The number of hydrogen-bond acceptors (Lipinski definition) is 5. The number of halogens is 1. The van der Waals surface area contributed by atoms with E-state index < -0.39 is 48.5 Å². The molecule has 11 nitrogen and oxygen atoms in total. The second-order valence-electron chi connectivity index (χ2n) is 7.92. The van der Waals surface area contributed by atoms with Crippen LogP contribution in [0.15, 0.2) is 0 Å². The lowest BCUT2D eigenvalue weighted by Crippen LogP contribution is -2.56. The van der Waals surface area contributed by atoms with Gasteiger partial charge in [0.2, 0.25) is 11.8 Å². The minimum atomic E-state index is -1.25. The lowest BCUT2D eigenvalue weighted by atomic mass is 10.0. The van der Waals surface area contributed by atoms with E-state index >= 15 is 0 Å².